The lowest BCUT2D eigenvalue weighted by atomic mass is 10.1. The summed E-state index contributed by atoms with van der Waals surface area (Å²) >= 11 is 0. The summed E-state index contributed by atoms with van der Waals surface area (Å²) in [6, 6.07) is 7.92. The normalized spacial score (nSPS) is 10.7. The summed E-state index contributed by atoms with van der Waals surface area (Å²) in [6.45, 7) is 0. The number of allylic oxidation sites excluding steroid dienone is 1. The molecule has 0 atom stereocenters. The maximum absolute atomic E-state index is 13.5. The Morgan fingerprint density at radius 2 is 1.82 bits per heavy atom. The van der Waals surface area contributed by atoms with Crippen LogP contribution in [-0.2, 0) is 0 Å². The van der Waals surface area contributed by atoms with E-state index in [2.05, 4.69) is 0 Å². The number of halogens is 2. The molecule has 2 rings (SSSR count). The first-order valence-electron chi connectivity index (χ1n) is 6.44. The lowest BCUT2D eigenvalue weighted by molar-refractivity contribution is 0.104. The van der Waals surface area contributed by atoms with Gasteiger partial charge in [-0.15, -0.1) is 0 Å². The summed E-state index contributed by atoms with van der Waals surface area (Å²) < 4.78 is 36.5. The van der Waals surface area contributed by atoms with Gasteiger partial charge < -0.3 is 9.47 Å². The van der Waals surface area contributed by atoms with Crippen molar-refractivity contribution in [3.05, 3.63) is 65.2 Å². The Balaban J connectivity index is 2.27. The first kappa shape index (κ1) is 15.7. The Morgan fingerprint density at radius 1 is 1.05 bits per heavy atom. The number of ether oxygens (including phenoxy) is 2. The number of carbonyl (C=O) groups is 1. The largest absolute Gasteiger partial charge is 0.497 e. The van der Waals surface area contributed by atoms with E-state index < -0.39 is 11.6 Å². The van der Waals surface area contributed by atoms with Crippen molar-refractivity contribution in [2.45, 2.75) is 0 Å². The molecule has 0 aliphatic heterocycles. The van der Waals surface area contributed by atoms with E-state index in [4.69, 9.17) is 9.47 Å². The van der Waals surface area contributed by atoms with Crippen molar-refractivity contribution in [2.75, 3.05) is 14.2 Å². The molecule has 0 amide bonds. The van der Waals surface area contributed by atoms with Crippen molar-refractivity contribution < 1.29 is 23.0 Å². The standard InChI is InChI=1S/C17H14F2O3/c1-21-13-6-7-14(17(10-13)22-2)16(20)8-4-11-3-5-12(18)9-15(11)19/h3-10H,1-2H3/b8-4+. The third-order valence-corrected chi connectivity index (χ3v) is 3.05. The second-order valence-corrected chi connectivity index (χ2v) is 4.43. The van der Waals surface area contributed by atoms with Gasteiger partial charge in [-0.25, -0.2) is 8.78 Å². The Kier molecular flexibility index (Phi) is 4.88. The molecule has 0 saturated carbocycles. The van der Waals surface area contributed by atoms with Gasteiger partial charge in [0.15, 0.2) is 5.78 Å². The molecule has 0 radical (unpaired) electrons. The van der Waals surface area contributed by atoms with E-state index in [0.29, 0.717) is 17.1 Å². The molecule has 2 aromatic carbocycles. The van der Waals surface area contributed by atoms with Crippen LogP contribution in [0.25, 0.3) is 6.08 Å². The predicted octanol–water partition coefficient (Wildman–Crippen LogP) is 3.88. The highest BCUT2D eigenvalue weighted by Gasteiger charge is 2.11. The van der Waals surface area contributed by atoms with Crippen LogP contribution >= 0.6 is 0 Å². The van der Waals surface area contributed by atoms with Gasteiger partial charge in [0.2, 0.25) is 0 Å². The van der Waals surface area contributed by atoms with Gasteiger partial charge in [0.05, 0.1) is 19.8 Å². The van der Waals surface area contributed by atoms with Crippen LogP contribution in [0.2, 0.25) is 0 Å². The zero-order valence-electron chi connectivity index (χ0n) is 12.1. The zero-order chi connectivity index (χ0) is 16.1. The molecule has 0 N–H and O–H groups in total. The molecule has 0 heterocycles. The second kappa shape index (κ2) is 6.85. The van der Waals surface area contributed by atoms with Crippen LogP contribution in [0.1, 0.15) is 15.9 Å². The van der Waals surface area contributed by atoms with E-state index >= 15 is 0 Å². The smallest absolute Gasteiger partial charge is 0.189 e. The number of benzene rings is 2. The van der Waals surface area contributed by atoms with E-state index in [1.54, 1.807) is 18.2 Å². The summed E-state index contributed by atoms with van der Waals surface area (Å²) in [6.07, 6.45) is 2.50. The fourth-order valence-corrected chi connectivity index (χ4v) is 1.89. The number of rotatable bonds is 5. The first-order valence-corrected chi connectivity index (χ1v) is 6.44. The Morgan fingerprint density at radius 3 is 2.45 bits per heavy atom. The fraction of sp³-hybridized carbons (Fsp3) is 0.118. The molecule has 0 spiro atoms. The topological polar surface area (TPSA) is 35.5 Å². The first-order chi connectivity index (χ1) is 10.5. The quantitative estimate of drug-likeness (QED) is 0.621. The van der Waals surface area contributed by atoms with Crippen molar-refractivity contribution in [3.8, 4) is 11.5 Å². The summed E-state index contributed by atoms with van der Waals surface area (Å²) in [5.41, 5.74) is 0.448. The van der Waals surface area contributed by atoms with Crippen LogP contribution < -0.4 is 9.47 Å². The minimum absolute atomic E-state index is 0.127. The second-order valence-electron chi connectivity index (χ2n) is 4.43. The fourth-order valence-electron chi connectivity index (χ4n) is 1.89. The molecule has 0 unspecified atom stereocenters. The predicted molar refractivity (Wildman–Crippen MR) is 79.3 cm³/mol. The van der Waals surface area contributed by atoms with E-state index in [1.165, 1.54) is 32.4 Å². The maximum atomic E-state index is 13.5. The van der Waals surface area contributed by atoms with Gasteiger partial charge in [0, 0.05) is 17.7 Å². The highest BCUT2D eigenvalue weighted by Crippen LogP contribution is 2.25. The third-order valence-electron chi connectivity index (χ3n) is 3.05. The van der Waals surface area contributed by atoms with E-state index in [0.717, 1.165) is 12.1 Å². The number of methoxy groups -OCH3 is 2. The Labute approximate surface area is 126 Å². The summed E-state index contributed by atoms with van der Waals surface area (Å²) in [4.78, 5) is 12.2. The lowest BCUT2D eigenvalue weighted by Crippen LogP contribution is -1.99. The van der Waals surface area contributed by atoms with Crippen LogP contribution in [0, 0.1) is 11.6 Å². The van der Waals surface area contributed by atoms with Crippen molar-refractivity contribution in [2.24, 2.45) is 0 Å². The zero-order valence-corrected chi connectivity index (χ0v) is 12.1. The molecule has 2 aromatic rings. The molecule has 0 aliphatic rings. The summed E-state index contributed by atoms with van der Waals surface area (Å²) in [5.74, 6) is -0.845. The number of hydrogen-bond donors (Lipinski definition) is 0. The molecule has 22 heavy (non-hydrogen) atoms. The summed E-state index contributed by atoms with van der Waals surface area (Å²) in [5, 5.41) is 0. The minimum Gasteiger partial charge on any atom is -0.497 e. The van der Waals surface area contributed by atoms with E-state index in [-0.39, 0.29) is 11.3 Å². The van der Waals surface area contributed by atoms with Crippen molar-refractivity contribution in [1.82, 2.24) is 0 Å². The summed E-state index contributed by atoms with van der Waals surface area (Å²) in [7, 11) is 2.95. The molecule has 0 fully saturated rings. The Bertz CT molecular complexity index is 724. The van der Waals surface area contributed by atoms with Crippen LogP contribution in [-0.4, -0.2) is 20.0 Å². The van der Waals surface area contributed by atoms with E-state index in [9.17, 15) is 13.6 Å². The van der Waals surface area contributed by atoms with Gasteiger partial charge in [0.25, 0.3) is 0 Å². The monoisotopic (exact) mass is 304 g/mol. The highest BCUT2D eigenvalue weighted by atomic mass is 19.1. The van der Waals surface area contributed by atoms with E-state index in [1.807, 2.05) is 0 Å². The van der Waals surface area contributed by atoms with Gasteiger partial charge in [-0.1, -0.05) is 0 Å². The molecule has 0 aliphatic carbocycles. The molecule has 3 nitrogen and oxygen atoms in total. The van der Waals surface area contributed by atoms with Crippen LogP contribution in [0.5, 0.6) is 11.5 Å². The van der Waals surface area contributed by atoms with Crippen LogP contribution in [0.15, 0.2) is 42.5 Å². The number of carbonyl (C=O) groups excluding carboxylic acids is 1. The highest BCUT2D eigenvalue weighted by molar-refractivity contribution is 6.08. The van der Waals surface area contributed by atoms with Gasteiger partial charge in [-0.2, -0.15) is 0 Å². The van der Waals surface area contributed by atoms with Crippen molar-refractivity contribution >= 4 is 11.9 Å². The molecule has 0 saturated heterocycles. The van der Waals surface area contributed by atoms with Gasteiger partial charge >= 0.3 is 0 Å². The SMILES string of the molecule is COc1ccc(C(=O)/C=C/c2ccc(F)cc2F)c(OC)c1. The van der Waals surface area contributed by atoms with Crippen molar-refractivity contribution in [1.29, 1.82) is 0 Å². The minimum atomic E-state index is -0.731. The molecule has 114 valence electrons. The molecule has 5 heteroatoms. The van der Waals surface area contributed by atoms with Crippen LogP contribution in [0.3, 0.4) is 0 Å². The maximum Gasteiger partial charge on any atom is 0.189 e. The average molecular weight is 304 g/mol. The average Bonchev–Trinajstić information content (AvgIpc) is 2.53. The number of hydrogen-bond acceptors (Lipinski definition) is 3. The van der Waals surface area contributed by atoms with Gasteiger partial charge in [-0.05, 0) is 36.4 Å². The van der Waals surface area contributed by atoms with Gasteiger partial charge in [-0.3, -0.25) is 4.79 Å². The Hall–Kier alpha value is -2.69. The van der Waals surface area contributed by atoms with Gasteiger partial charge in [0.1, 0.15) is 23.1 Å². The molecular formula is C17H14F2O3. The molecule has 0 aromatic heterocycles. The lowest BCUT2D eigenvalue weighted by Gasteiger charge is -2.07. The number of ketones is 1. The molecule has 0 bridgehead atoms. The van der Waals surface area contributed by atoms with Crippen molar-refractivity contribution in [3.63, 3.8) is 0 Å². The molecular weight excluding hydrogens is 290 g/mol. The van der Waals surface area contributed by atoms with Crippen LogP contribution in [0.4, 0.5) is 8.78 Å². The third kappa shape index (κ3) is 3.49.